The van der Waals surface area contributed by atoms with Gasteiger partial charge in [-0.3, -0.25) is 4.79 Å². The Morgan fingerprint density at radius 1 is 1.05 bits per heavy atom. The van der Waals surface area contributed by atoms with Crippen molar-refractivity contribution in [1.29, 1.82) is 0 Å². The highest BCUT2D eigenvalue weighted by atomic mass is 79.9. The zero-order chi connectivity index (χ0) is 15.4. The van der Waals surface area contributed by atoms with Gasteiger partial charge >= 0.3 is 0 Å². The zero-order valence-electron chi connectivity index (χ0n) is 12.3. The van der Waals surface area contributed by atoms with Crippen LogP contribution in [0.1, 0.15) is 21.5 Å². The number of Topliss-reactive ketones (excluding diaryl/α,β-unsaturated/α-hetero) is 1. The van der Waals surface area contributed by atoms with Crippen LogP contribution in [0.5, 0.6) is 11.5 Å². The summed E-state index contributed by atoms with van der Waals surface area (Å²) in [6.07, 6.45) is 0.309. The van der Waals surface area contributed by atoms with E-state index in [9.17, 15) is 4.79 Å². The molecular weight excluding hydrogens is 332 g/mol. The van der Waals surface area contributed by atoms with Gasteiger partial charge in [-0.15, -0.1) is 0 Å². The fourth-order valence-corrected chi connectivity index (χ4v) is 2.70. The second-order valence-corrected chi connectivity index (χ2v) is 5.62. The number of hydrogen-bond donors (Lipinski definition) is 0. The maximum atomic E-state index is 12.4. The van der Waals surface area contributed by atoms with Crippen LogP contribution in [0, 0.1) is 6.92 Å². The quantitative estimate of drug-likeness (QED) is 0.759. The van der Waals surface area contributed by atoms with Gasteiger partial charge < -0.3 is 9.47 Å². The molecule has 0 aliphatic carbocycles. The van der Waals surface area contributed by atoms with Gasteiger partial charge in [0.05, 0.1) is 18.7 Å². The molecule has 2 aromatic carbocycles. The van der Waals surface area contributed by atoms with Crippen LogP contribution in [0.2, 0.25) is 0 Å². The minimum Gasteiger partial charge on any atom is -0.496 e. The van der Waals surface area contributed by atoms with E-state index in [0.29, 0.717) is 17.7 Å². The standard InChI is InChI=1S/C17H17BrO3/c1-11-4-6-16(20-2)13(8-11)10-15(19)12-5-7-17(21-3)14(18)9-12/h4-9H,10H2,1-3H3. The Kier molecular flexibility index (Phi) is 5.02. The highest BCUT2D eigenvalue weighted by Gasteiger charge is 2.13. The summed E-state index contributed by atoms with van der Waals surface area (Å²) < 4.78 is 11.3. The van der Waals surface area contributed by atoms with Crippen LogP contribution in [0.4, 0.5) is 0 Å². The third-order valence-electron chi connectivity index (χ3n) is 3.26. The molecule has 4 heteroatoms. The number of carbonyl (C=O) groups is 1. The zero-order valence-corrected chi connectivity index (χ0v) is 13.9. The van der Waals surface area contributed by atoms with Crippen molar-refractivity contribution in [3.8, 4) is 11.5 Å². The summed E-state index contributed by atoms with van der Waals surface area (Å²) in [5.74, 6) is 1.49. The van der Waals surface area contributed by atoms with Crippen molar-refractivity contribution in [1.82, 2.24) is 0 Å². The van der Waals surface area contributed by atoms with Crippen molar-refractivity contribution >= 4 is 21.7 Å². The summed E-state index contributed by atoms with van der Waals surface area (Å²) >= 11 is 3.40. The molecule has 0 aromatic heterocycles. The molecule has 3 nitrogen and oxygen atoms in total. The highest BCUT2D eigenvalue weighted by molar-refractivity contribution is 9.10. The molecule has 0 heterocycles. The molecule has 0 saturated heterocycles. The van der Waals surface area contributed by atoms with E-state index >= 15 is 0 Å². The van der Waals surface area contributed by atoms with Gasteiger partial charge in [-0.2, -0.15) is 0 Å². The SMILES string of the molecule is COc1ccc(C(=O)Cc2cc(C)ccc2OC)cc1Br. The van der Waals surface area contributed by atoms with Gasteiger partial charge in [0, 0.05) is 17.5 Å². The molecule has 0 radical (unpaired) electrons. The molecule has 0 atom stereocenters. The predicted octanol–water partition coefficient (Wildman–Crippen LogP) is 4.20. The van der Waals surface area contributed by atoms with E-state index in [1.807, 2.05) is 25.1 Å². The first-order valence-electron chi connectivity index (χ1n) is 6.55. The summed E-state index contributed by atoms with van der Waals surface area (Å²) in [7, 11) is 3.21. The molecule has 0 unspecified atom stereocenters. The van der Waals surface area contributed by atoms with Gasteiger partial charge in [0.15, 0.2) is 5.78 Å². The van der Waals surface area contributed by atoms with E-state index in [4.69, 9.17) is 9.47 Å². The predicted molar refractivity (Wildman–Crippen MR) is 86.5 cm³/mol. The summed E-state index contributed by atoms with van der Waals surface area (Å²) in [6.45, 7) is 2.00. The van der Waals surface area contributed by atoms with Crippen molar-refractivity contribution in [2.75, 3.05) is 14.2 Å². The first-order valence-corrected chi connectivity index (χ1v) is 7.34. The Balaban J connectivity index is 2.26. The average molecular weight is 349 g/mol. The fourth-order valence-electron chi connectivity index (χ4n) is 2.16. The minimum atomic E-state index is 0.0438. The van der Waals surface area contributed by atoms with Crippen LogP contribution >= 0.6 is 15.9 Å². The lowest BCUT2D eigenvalue weighted by molar-refractivity contribution is 0.0992. The van der Waals surface area contributed by atoms with Crippen LogP contribution in [0.15, 0.2) is 40.9 Å². The third-order valence-corrected chi connectivity index (χ3v) is 3.88. The molecule has 0 fully saturated rings. The molecular formula is C17H17BrO3. The number of benzene rings is 2. The Morgan fingerprint density at radius 2 is 1.71 bits per heavy atom. The maximum absolute atomic E-state index is 12.4. The lowest BCUT2D eigenvalue weighted by atomic mass is 10.0. The summed E-state index contributed by atoms with van der Waals surface area (Å²) in [5.41, 5.74) is 2.65. The highest BCUT2D eigenvalue weighted by Crippen LogP contribution is 2.27. The molecule has 2 rings (SSSR count). The third kappa shape index (κ3) is 3.64. The lowest BCUT2D eigenvalue weighted by Gasteiger charge is -2.10. The van der Waals surface area contributed by atoms with Crippen molar-refractivity contribution < 1.29 is 14.3 Å². The Hall–Kier alpha value is -1.81. The van der Waals surface area contributed by atoms with E-state index in [0.717, 1.165) is 21.3 Å². The molecule has 0 saturated carbocycles. The Labute approximate surface area is 133 Å². The molecule has 2 aromatic rings. The molecule has 110 valence electrons. The van der Waals surface area contributed by atoms with Crippen LogP contribution < -0.4 is 9.47 Å². The summed E-state index contributed by atoms with van der Waals surface area (Å²) in [5, 5.41) is 0. The van der Waals surface area contributed by atoms with Gasteiger partial charge in [-0.05, 0) is 47.1 Å². The number of aryl methyl sites for hydroxylation is 1. The van der Waals surface area contributed by atoms with E-state index in [-0.39, 0.29) is 5.78 Å². The molecule has 0 aliphatic heterocycles. The average Bonchev–Trinajstić information content (AvgIpc) is 2.47. The minimum absolute atomic E-state index is 0.0438. The van der Waals surface area contributed by atoms with Crippen molar-refractivity contribution in [3.05, 3.63) is 57.6 Å². The van der Waals surface area contributed by atoms with Crippen molar-refractivity contribution in [3.63, 3.8) is 0 Å². The van der Waals surface area contributed by atoms with Crippen LogP contribution in [-0.2, 0) is 6.42 Å². The molecule has 21 heavy (non-hydrogen) atoms. The molecule has 0 aliphatic rings. The monoisotopic (exact) mass is 348 g/mol. The maximum Gasteiger partial charge on any atom is 0.167 e. The lowest BCUT2D eigenvalue weighted by Crippen LogP contribution is -2.05. The summed E-state index contributed by atoms with van der Waals surface area (Å²) in [6, 6.07) is 11.2. The number of ketones is 1. The molecule has 0 amide bonds. The van der Waals surface area contributed by atoms with Crippen LogP contribution in [0.3, 0.4) is 0 Å². The summed E-state index contributed by atoms with van der Waals surface area (Å²) in [4.78, 5) is 12.4. The van der Waals surface area contributed by atoms with Crippen molar-refractivity contribution in [2.24, 2.45) is 0 Å². The smallest absolute Gasteiger partial charge is 0.167 e. The van der Waals surface area contributed by atoms with Gasteiger partial charge in [-0.25, -0.2) is 0 Å². The second kappa shape index (κ2) is 6.76. The van der Waals surface area contributed by atoms with Crippen molar-refractivity contribution in [2.45, 2.75) is 13.3 Å². The first-order chi connectivity index (χ1) is 10.0. The van der Waals surface area contributed by atoms with Crippen LogP contribution in [0.25, 0.3) is 0 Å². The number of rotatable bonds is 5. The number of halogens is 1. The molecule has 0 spiro atoms. The Bertz CT molecular complexity index is 665. The number of methoxy groups -OCH3 is 2. The Morgan fingerprint density at radius 3 is 2.33 bits per heavy atom. The van der Waals surface area contributed by atoms with E-state index in [1.54, 1.807) is 32.4 Å². The van der Waals surface area contributed by atoms with Gasteiger partial charge in [0.1, 0.15) is 11.5 Å². The molecule has 0 N–H and O–H groups in total. The largest absolute Gasteiger partial charge is 0.496 e. The van der Waals surface area contributed by atoms with Crippen LogP contribution in [-0.4, -0.2) is 20.0 Å². The second-order valence-electron chi connectivity index (χ2n) is 4.76. The van der Waals surface area contributed by atoms with Gasteiger partial charge in [0.25, 0.3) is 0 Å². The van der Waals surface area contributed by atoms with Gasteiger partial charge in [0.2, 0.25) is 0 Å². The van der Waals surface area contributed by atoms with E-state index in [2.05, 4.69) is 15.9 Å². The fraction of sp³-hybridized carbons (Fsp3) is 0.235. The number of ether oxygens (including phenoxy) is 2. The van der Waals surface area contributed by atoms with Gasteiger partial charge in [-0.1, -0.05) is 17.7 Å². The number of hydrogen-bond acceptors (Lipinski definition) is 3. The van der Waals surface area contributed by atoms with E-state index in [1.165, 1.54) is 0 Å². The normalized spacial score (nSPS) is 10.3. The topological polar surface area (TPSA) is 35.5 Å². The first kappa shape index (κ1) is 15.6. The number of carbonyl (C=O) groups excluding carboxylic acids is 1. The molecule has 0 bridgehead atoms. The van der Waals surface area contributed by atoms with E-state index < -0.39 is 0 Å².